The van der Waals surface area contributed by atoms with E-state index in [1.165, 1.54) is 0 Å². The van der Waals surface area contributed by atoms with Crippen LogP contribution >= 0.6 is 8.60 Å². The highest BCUT2D eigenvalue weighted by molar-refractivity contribution is 7.43. The lowest BCUT2D eigenvalue weighted by atomic mass is 10.1. The maximum atomic E-state index is 6.42. The predicted octanol–water partition coefficient (Wildman–Crippen LogP) is 8.78. The molecule has 0 amide bonds. The van der Waals surface area contributed by atoms with Crippen LogP contribution in [0, 0.1) is 0 Å². The van der Waals surface area contributed by atoms with Gasteiger partial charge in [0.25, 0.3) is 0 Å². The molecule has 0 aromatic heterocycles. The fraction of sp³-hybridized carbons (Fsp3) is 0. The summed E-state index contributed by atoms with van der Waals surface area (Å²) in [6, 6.07) is 45.8. The second kappa shape index (κ2) is 10.7. The van der Waals surface area contributed by atoms with Crippen molar-refractivity contribution >= 4 is 8.60 Å². The molecule has 0 bridgehead atoms. The van der Waals surface area contributed by atoms with Gasteiger partial charge in [0.15, 0.2) is 0 Å². The Morgan fingerprint density at radius 3 is 1.21 bits per heavy atom. The maximum Gasteiger partial charge on any atom is 0.530 e. The van der Waals surface area contributed by atoms with Crippen LogP contribution in [-0.2, 0) is 0 Å². The van der Waals surface area contributed by atoms with Gasteiger partial charge in [-0.3, -0.25) is 0 Å². The van der Waals surface area contributed by atoms with Crippen LogP contribution in [0.5, 0.6) is 17.2 Å². The van der Waals surface area contributed by atoms with E-state index >= 15 is 0 Å². The summed E-state index contributed by atoms with van der Waals surface area (Å²) in [5.74, 6) is 2.09. The van der Waals surface area contributed by atoms with E-state index < -0.39 is 8.60 Å². The number of benzene rings is 5. The van der Waals surface area contributed by atoms with E-state index in [1.54, 1.807) is 0 Å². The Balaban J connectivity index is 1.49. The van der Waals surface area contributed by atoms with Crippen molar-refractivity contribution in [2.24, 2.45) is 0 Å². The lowest BCUT2D eigenvalue weighted by Gasteiger charge is -2.21. The smallest absolute Gasteiger partial charge is 0.409 e. The molecule has 0 aliphatic heterocycles. The first-order valence-corrected chi connectivity index (χ1v) is 12.1. The Labute approximate surface area is 201 Å². The summed E-state index contributed by atoms with van der Waals surface area (Å²) in [4.78, 5) is 0. The van der Waals surface area contributed by atoms with Gasteiger partial charge in [0.1, 0.15) is 17.2 Å². The third kappa shape index (κ3) is 5.28. The summed E-state index contributed by atoms with van der Waals surface area (Å²) < 4.78 is 19.1. The van der Waals surface area contributed by atoms with Crippen molar-refractivity contribution in [1.82, 2.24) is 0 Å². The maximum absolute atomic E-state index is 6.42. The number of hydrogen-bond acceptors (Lipinski definition) is 3. The van der Waals surface area contributed by atoms with Gasteiger partial charge in [-0.1, -0.05) is 115 Å². The lowest BCUT2D eigenvalue weighted by Crippen LogP contribution is -2.04. The zero-order valence-electron chi connectivity index (χ0n) is 18.5. The molecule has 5 rings (SSSR count). The Kier molecular flexibility index (Phi) is 6.85. The summed E-state index contributed by atoms with van der Waals surface area (Å²) in [5.41, 5.74) is 4.09. The van der Waals surface area contributed by atoms with E-state index in [4.69, 9.17) is 13.6 Å². The summed E-state index contributed by atoms with van der Waals surface area (Å²) in [6.07, 6.45) is 0. The van der Waals surface area contributed by atoms with E-state index in [9.17, 15) is 0 Å². The highest BCUT2D eigenvalue weighted by Gasteiger charge is 2.23. The predicted molar refractivity (Wildman–Crippen MR) is 139 cm³/mol. The molecule has 5 aromatic rings. The highest BCUT2D eigenvalue weighted by atomic mass is 31.2. The molecule has 34 heavy (non-hydrogen) atoms. The standard InChI is InChI=1S/C30H23O3P/c1-4-14-24(15-5-1)27-20-10-12-22-29(27)32-34(31-26-18-8-3-9-19-26)33-30-23-13-11-21-28(30)25-16-6-2-7-17-25/h1-23H. The summed E-state index contributed by atoms with van der Waals surface area (Å²) in [6.45, 7) is 0. The van der Waals surface area contributed by atoms with Crippen molar-refractivity contribution in [3.05, 3.63) is 140 Å². The minimum Gasteiger partial charge on any atom is -0.409 e. The molecule has 0 radical (unpaired) electrons. The topological polar surface area (TPSA) is 27.7 Å². The molecule has 0 spiro atoms. The van der Waals surface area contributed by atoms with Gasteiger partial charge in [-0.25, -0.2) is 0 Å². The molecule has 0 atom stereocenters. The Morgan fingerprint density at radius 1 is 0.353 bits per heavy atom. The number of rotatable bonds is 8. The number of para-hydroxylation sites is 3. The molecule has 5 aromatic carbocycles. The quantitative estimate of drug-likeness (QED) is 0.216. The Morgan fingerprint density at radius 2 is 0.735 bits per heavy atom. The summed E-state index contributed by atoms with van der Waals surface area (Å²) in [5, 5.41) is 0. The van der Waals surface area contributed by atoms with Crippen molar-refractivity contribution in [3.63, 3.8) is 0 Å². The first-order valence-electron chi connectivity index (χ1n) is 11.0. The van der Waals surface area contributed by atoms with Crippen molar-refractivity contribution in [3.8, 4) is 39.5 Å². The van der Waals surface area contributed by atoms with Gasteiger partial charge in [0.05, 0.1) is 0 Å². The van der Waals surface area contributed by atoms with Crippen molar-refractivity contribution in [1.29, 1.82) is 0 Å². The van der Waals surface area contributed by atoms with E-state index in [0.29, 0.717) is 17.2 Å². The highest BCUT2D eigenvalue weighted by Crippen LogP contribution is 2.46. The molecule has 4 heteroatoms. The van der Waals surface area contributed by atoms with Crippen molar-refractivity contribution in [2.45, 2.75) is 0 Å². The molecule has 0 saturated carbocycles. The molecule has 166 valence electrons. The molecule has 3 nitrogen and oxygen atoms in total. The second-order valence-electron chi connectivity index (χ2n) is 7.53. The molecule has 0 unspecified atom stereocenters. The van der Waals surface area contributed by atoms with Crippen LogP contribution in [0.25, 0.3) is 22.3 Å². The molecule has 0 heterocycles. The van der Waals surface area contributed by atoms with Crippen LogP contribution in [0.1, 0.15) is 0 Å². The average Bonchev–Trinajstić information content (AvgIpc) is 2.91. The molecule has 0 N–H and O–H groups in total. The van der Waals surface area contributed by atoms with Crippen molar-refractivity contribution in [2.75, 3.05) is 0 Å². The fourth-order valence-electron chi connectivity index (χ4n) is 3.59. The minimum absolute atomic E-state index is 0.683. The van der Waals surface area contributed by atoms with Crippen LogP contribution in [0.2, 0.25) is 0 Å². The van der Waals surface area contributed by atoms with Crippen LogP contribution in [0.4, 0.5) is 0 Å². The van der Waals surface area contributed by atoms with E-state index in [1.807, 2.05) is 115 Å². The third-order valence-electron chi connectivity index (χ3n) is 5.21. The van der Waals surface area contributed by atoms with Crippen molar-refractivity contribution < 1.29 is 13.6 Å². The van der Waals surface area contributed by atoms with E-state index in [2.05, 4.69) is 24.3 Å². The lowest BCUT2D eigenvalue weighted by molar-refractivity contribution is 0.389. The minimum atomic E-state index is -1.80. The van der Waals surface area contributed by atoms with Crippen LogP contribution < -0.4 is 13.6 Å². The van der Waals surface area contributed by atoms with Crippen LogP contribution in [0.15, 0.2) is 140 Å². The first kappa shape index (κ1) is 21.8. The van der Waals surface area contributed by atoms with Crippen LogP contribution in [-0.4, -0.2) is 0 Å². The van der Waals surface area contributed by atoms with Gasteiger partial charge in [0, 0.05) is 11.1 Å². The van der Waals surface area contributed by atoms with E-state index in [0.717, 1.165) is 22.3 Å². The largest absolute Gasteiger partial charge is 0.530 e. The van der Waals surface area contributed by atoms with Crippen LogP contribution in [0.3, 0.4) is 0 Å². The molecular weight excluding hydrogens is 439 g/mol. The molecule has 0 saturated heterocycles. The zero-order chi connectivity index (χ0) is 23.0. The van der Waals surface area contributed by atoms with Gasteiger partial charge in [0.2, 0.25) is 0 Å². The van der Waals surface area contributed by atoms with Gasteiger partial charge in [-0.15, -0.1) is 0 Å². The molecular formula is C30H23O3P. The summed E-state index contributed by atoms with van der Waals surface area (Å²) in [7, 11) is -1.80. The van der Waals surface area contributed by atoms with Gasteiger partial charge in [-0.05, 0) is 35.4 Å². The number of hydrogen-bond donors (Lipinski definition) is 0. The van der Waals surface area contributed by atoms with Gasteiger partial charge >= 0.3 is 8.60 Å². The fourth-order valence-corrected chi connectivity index (χ4v) is 4.63. The average molecular weight is 462 g/mol. The molecule has 0 fully saturated rings. The summed E-state index contributed by atoms with van der Waals surface area (Å²) >= 11 is 0. The normalized spacial score (nSPS) is 10.6. The molecule has 0 aliphatic rings. The third-order valence-corrected chi connectivity index (χ3v) is 6.26. The Bertz CT molecular complexity index is 1240. The monoisotopic (exact) mass is 462 g/mol. The Hall–Kier alpha value is -4.07. The van der Waals surface area contributed by atoms with Gasteiger partial charge < -0.3 is 13.6 Å². The first-order chi connectivity index (χ1) is 16.9. The van der Waals surface area contributed by atoms with E-state index in [-0.39, 0.29) is 0 Å². The molecule has 0 aliphatic carbocycles. The van der Waals surface area contributed by atoms with Gasteiger partial charge in [-0.2, -0.15) is 0 Å². The zero-order valence-corrected chi connectivity index (χ0v) is 19.3. The SMILES string of the molecule is c1ccc(OP(Oc2ccccc2-c2ccccc2)Oc2ccccc2-c2ccccc2)cc1. The second-order valence-corrected chi connectivity index (χ2v) is 8.53.